The van der Waals surface area contributed by atoms with Gasteiger partial charge in [-0.15, -0.1) is 10.2 Å². The first kappa shape index (κ1) is 17.7. The van der Waals surface area contributed by atoms with Crippen molar-refractivity contribution in [3.05, 3.63) is 24.1 Å². The zero-order valence-corrected chi connectivity index (χ0v) is 15.2. The molecule has 136 valence electrons. The first-order valence-electron chi connectivity index (χ1n) is 8.89. The smallest absolute Gasteiger partial charge is 0.247 e. The Morgan fingerprint density at radius 3 is 2.84 bits per heavy atom. The molecule has 1 aromatic carbocycles. The van der Waals surface area contributed by atoms with Gasteiger partial charge in [-0.1, -0.05) is 13.8 Å². The molecule has 0 unspecified atom stereocenters. The van der Waals surface area contributed by atoms with E-state index in [0.29, 0.717) is 36.7 Å². The van der Waals surface area contributed by atoms with E-state index in [1.807, 2.05) is 18.2 Å². The Morgan fingerprint density at radius 1 is 1.24 bits per heavy atom. The molecule has 6 heteroatoms. The van der Waals surface area contributed by atoms with Gasteiger partial charge < -0.3 is 18.6 Å². The molecule has 25 heavy (non-hydrogen) atoms. The number of benzene rings is 1. The van der Waals surface area contributed by atoms with Gasteiger partial charge in [0, 0.05) is 12.2 Å². The van der Waals surface area contributed by atoms with E-state index >= 15 is 0 Å². The van der Waals surface area contributed by atoms with Crippen LogP contribution in [0.5, 0.6) is 11.5 Å². The van der Waals surface area contributed by atoms with Gasteiger partial charge >= 0.3 is 0 Å². The van der Waals surface area contributed by atoms with Crippen molar-refractivity contribution in [1.82, 2.24) is 10.2 Å². The van der Waals surface area contributed by atoms with Crippen molar-refractivity contribution >= 4 is 0 Å². The molecule has 0 amide bonds. The molecule has 3 rings (SSSR count). The molecule has 1 fully saturated rings. The molecule has 1 aliphatic rings. The maximum absolute atomic E-state index is 5.86. The Kier molecular flexibility index (Phi) is 5.91. The number of nitrogens with zero attached hydrogens (tertiary/aromatic N) is 2. The molecule has 0 spiro atoms. The summed E-state index contributed by atoms with van der Waals surface area (Å²) in [6, 6.07) is 5.68. The number of hydrogen-bond donors (Lipinski definition) is 0. The number of hydrogen-bond acceptors (Lipinski definition) is 6. The molecule has 1 aliphatic heterocycles. The second-order valence-electron chi connectivity index (χ2n) is 6.76. The van der Waals surface area contributed by atoms with Crippen LogP contribution < -0.4 is 9.47 Å². The summed E-state index contributed by atoms with van der Waals surface area (Å²) in [6.07, 6.45) is 3.05. The Balaban J connectivity index is 1.73. The predicted molar refractivity (Wildman–Crippen MR) is 94.0 cm³/mol. The van der Waals surface area contributed by atoms with Crippen molar-refractivity contribution in [2.24, 2.45) is 5.92 Å². The Bertz CT molecular complexity index is 678. The quantitative estimate of drug-likeness (QED) is 0.753. The van der Waals surface area contributed by atoms with E-state index in [-0.39, 0.29) is 5.92 Å². The average Bonchev–Trinajstić information content (AvgIpc) is 3.12. The van der Waals surface area contributed by atoms with Crippen LogP contribution in [0, 0.1) is 5.92 Å². The van der Waals surface area contributed by atoms with Crippen molar-refractivity contribution in [2.45, 2.75) is 39.0 Å². The van der Waals surface area contributed by atoms with Crippen LogP contribution in [0.15, 0.2) is 22.6 Å². The number of methoxy groups -OCH3 is 1. The van der Waals surface area contributed by atoms with Crippen molar-refractivity contribution in [1.29, 1.82) is 0 Å². The van der Waals surface area contributed by atoms with Gasteiger partial charge in [-0.3, -0.25) is 0 Å². The van der Waals surface area contributed by atoms with E-state index in [4.69, 9.17) is 18.6 Å². The van der Waals surface area contributed by atoms with Gasteiger partial charge in [0.1, 0.15) is 0 Å². The predicted octanol–water partition coefficient (Wildman–Crippen LogP) is 4.06. The summed E-state index contributed by atoms with van der Waals surface area (Å²) < 4.78 is 22.6. The van der Waals surface area contributed by atoms with Crippen LogP contribution in [-0.4, -0.2) is 37.1 Å². The van der Waals surface area contributed by atoms with Crippen LogP contribution in [0.2, 0.25) is 0 Å². The lowest BCUT2D eigenvalue weighted by molar-refractivity contribution is 0.0727. The Hall–Kier alpha value is -2.08. The van der Waals surface area contributed by atoms with E-state index in [1.165, 1.54) is 0 Å². The molecule has 1 aromatic heterocycles. The van der Waals surface area contributed by atoms with Crippen LogP contribution in [0.1, 0.15) is 44.9 Å². The highest BCUT2D eigenvalue weighted by Gasteiger charge is 2.22. The van der Waals surface area contributed by atoms with Crippen LogP contribution in [-0.2, 0) is 4.74 Å². The van der Waals surface area contributed by atoms with E-state index in [1.54, 1.807) is 7.11 Å². The van der Waals surface area contributed by atoms with E-state index < -0.39 is 0 Å². The van der Waals surface area contributed by atoms with Gasteiger partial charge in [-0.05, 0) is 43.4 Å². The highest BCUT2D eigenvalue weighted by atomic mass is 16.5. The number of rotatable bonds is 7. The summed E-state index contributed by atoms with van der Waals surface area (Å²) in [5.74, 6) is 3.33. The number of aromatic nitrogens is 2. The first-order valence-corrected chi connectivity index (χ1v) is 8.89. The fraction of sp³-hybridized carbons (Fsp3) is 0.579. The van der Waals surface area contributed by atoms with Gasteiger partial charge in [0.2, 0.25) is 11.8 Å². The first-order chi connectivity index (χ1) is 12.2. The van der Waals surface area contributed by atoms with Crippen LogP contribution >= 0.6 is 0 Å². The SMILES string of the molecule is COc1cc(-c2nnc([C@@H]3CCCOC3)o2)ccc1OCCC(C)C. The fourth-order valence-electron chi connectivity index (χ4n) is 2.78. The third-order valence-corrected chi connectivity index (χ3v) is 4.31. The second kappa shape index (κ2) is 8.34. The summed E-state index contributed by atoms with van der Waals surface area (Å²) in [5, 5.41) is 8.38. The fourth-order valence-corrected chi connectivity index (χ4v) is 2.78. The summed E-state index contributed by atoms with van der Waals surface area (Å²) in [7, 11) is 1.63. The largest absolute Gasteiger partial charge is 0.493 e. The minimum atomic E-state index is 0.190. The molecule has 0 saturated carbocycles. The zero-order chi connectivity index (χ0) is 17.6. The summed E-state index contributed by atoms with van der Waals surface area (Å²) in [4.78, 5) is 0. The molecule has 2 aromatic rings. The van der Waals surface area contributed by atoms with Crippen molar-refractivity contribution in [3.8, 4) is 23.0 Å². The highest BCUT2D eigenvalue weighted by Crippen LogP contribution is 2.33. The highest BCUT2D eigenvalue weighted by molar-refractivity contribution is 5.59. The normalized spacial score (nSPS) is 17.7. The third kappa shape index (κ3) is 4.51. The molecule has 1 atom stereocenters. The third-order valence-electron chi connectivity index (χ3n) is 4.31. The van der Waals surface area contributed by atoms with Crippen LogP contribution in [0.25, 0.3) is 11.5 Å². The lowest BCUT2D eigenvalue weighted by Crippen LogP contribution is -2.15. The Labute approximate surface area is 148 Å². The summed E-state index contributed by atoms with van der Waals surface area (Å²) in [5.41, 5.74) is 0.823. The molecular weight excluding hydrogens is 320 g/mol. The van der Waals surface area contributed by atoms with Gasteiger partial charge in [-0.25, -0.2) is 0 Å². The molecule has 0 radical (unpaired) electrons. The monoisotopic (exact) mass is 346 g/mol. The average molecular weight is 346 g/mol. The van der Waals surface area contributed by atoms with Crippen molar-refractivity contribution < 1.29 is 18.6 Å². The second-order valence-corrected chi connectivity index (χ2v) is 6.76. The lowest BCUT2D eigenvalue weighted by Gasteiger charge is -2.18. The van der Waals surface area contributed by atoms with E-state index in [2.05, 4.69) is 24.0 Å². The maximum Gasteiger partial charge on any atom is 0.247 e. The molecule has 0 N–H and O–H groups in total. The van der Waals surface area contributed by atoms with Gasteiger partial charge in [-0.2, -0.15) is 0 Å². The zero-order valence-electron chi connectivity index (χ0n) is 15.2. The number of ether oxygens (including phenoxy) is 3. The standard InChI is InChI=1S/C19H26N2O4/c1-13(2)8-10-24-16-7-6-14(11-17(16)22-3)18-20-21-19(25-18)15-5-4-9-23-12-15/h6-7,11,13,15H,4-5,8-10,12H2,1-3H3/t15-/m1/s1. The minimum absolute atomic E-state index is 0.190. The van der Waals surface area contributed by atoms with Gasteiger partial charge in [0.05, 0.1) is 26.2 Å². The summed E-state index contributed by atoms with van der Waals surface area (Å²) >= 11 is 0. The molecule has 0 bridgehead atoms. The van der Waals surface area contributed by atoms with Crippen LogP contribution in [0.3, 0.4) is 0 Å². The van der Waals surface area contributed by atoms with E-state index in [9.17, 15) is 0 Å². The summed E-state index contributed by atoms with van der Waals surface area (Å²) in [6.45, 7) is 6.47. The maximum atomic E-state index is 5.86. The molecule has 1 saturated heterocycles. The molecule has 0 aliphatic carbocycles. The van der Waals surface area contributed by atoms with E-state index in [0.717, 1.165) is 37.2 Å². The molecular formula is C19H26N2O4. The van der Waals surface area contributed by atoms with Crippen molar-refractivity contribution in [2.75, 3.05) is 26.9 Å². The van der Waals surface area contributed by atoms with Crippen LogP contribution in [0.4, 0.5) is 0 Å². The molecule has 2 heterocycles. The topological polar surface area (TPSA) is 66.6 Å². The van der Waals surface area contributed by atoms with Gasteiger partial charge in [0.15, 0.2) is 11.5 Å². The van der Waals surface area contributed by atoms with Gasteiger partial charge in [0.25, 0.3) is 0 Å². The lowest BCUT2D eigenvalue weighted by atomic mass is 10.0. The van der Waals surface area contributed by atoms with Crippen molar-refractivity contribution in [3.63, 3.8) is 0 Å². The minimum Gasteiger partial charge on any atom is -0.493 e. The molecule has 6 nitrogen and oxygen atoms in total. The Morgan fingerprint density at radius 2 is 2.12 bits per heavy atom.